The number of hydrogen-bond donors (Lipinski definition) is 1. The van der Waals surface area contributed by atoms with Gasteiger partial charge in [-0.15, -0.1) is 0 Å². The molecule has 0 saturated carbocycles. The fraction of sp³-hybridized carbons (Fsp3) is 0.143. The number of aromatic carboxylic acids is 1. The molecule has 0 aliphatic rings. The molecular formula is C28H19NO6. The highest BCUT2D eigenvalue weighted by atomic mass is 16.4. The lowest BCUT2D eigenvalue weighted by atomic mass is 9.98. The zero-order chi connectivity index (χ0) is 24.6. The summed E-state index contributed by atoms with van der Waals surface area (Å²) in [7, 11) is 0. The maximum atomic E-state index is 13.3. The van der Waals surface area contributed by atoms with Crippen LogP contribution in [0.2, 0.25) is 0 Å². The van der Waals surface area contributed by atoms with Crippen molar-refractivity contribution < 1.29 is 14.3 Å². The minimum atomic E-state index is -1.34. The van der Waals surface area contributed by atoms with Crippen LogP contribution in [0.3, 0.4) is 0 Å². The predicted octanol–water partition coefficient (Wildman–Crippen LogP) is 4.62. The van der Waals surface area contributed by atoms with E-state index < -0.39 is 11.4 Å². The summed E-state index contributed by atoms with van der Waals surface area (Å²) in [4.78, 5) is 51.5. The van der Waals surface area contributed by atoms with E-state index in [9.17, 15) is 24.3 Å². The standard InChI is InChI=1S/C28H19NO6/c1-3-6-14-13(2)9-19-23-27(14)35-22-11-18-17(24(30)15-7-4-5-8-16(15)25(18)31)10-21(22)29(23)12-20(26(19)32)28(33)34/h4-5,7-12H,3,6H2,1-2H3,(H,33,34). The first-order valence-corrected chi connectivity index (χ1v) is 11.3. The molecule has 2 heterocycles. The number of benzene rings is 4. The normalized spacial score (nSPS) is 11.9. The van der Waals surface area contributed by atoms with E-state index in [4.69, 9.17) is 4.42 Å². The third-order valence-electron chi connectivity index (χ3n) is 6.78. The van der Waals surface area contributed by atoms with Gasteiger partial charge in [0.1, 0.15) is 11.1 Å². The number of carboxylic acid groups (broad SMARTS) is 1. The molecule has 0 aliphatic heterocycles. The summed E-state index contributed by atoms with van der Waals surface area (Å²) < 4.78 is 7.94. The molecule has 0 spiro atoms. The SMILES string of the molecule is CCCc1c(C)cc2c(=O)c(C(=O)O)cn3c4cc5c(=O)c6ccccc6c(=O)c5cc4oc1c23. The summed E-state index contributed by atoms with van der Waals surface area (Å²) in [6, 6.07) is 11.5. The third-order valence-corrected chi connectivity index (χ3v) is 6.78. The first-order valence-electron chi connectivity index (χ1n) is 11.3. The summed E-state index contributed by atoms with van der Waals surface area (Å²) in [5, 5.41) is 11.1. The zero-order valence-electron chi connectivity index (χ0n) is 19.0. The van der Waals surface area contributed by atoms with Crippen LogP contribution in [0.15, 0.2) is 67.5 Å². The number of hydrogen-bond acceptors (Lipinski definition) is 5. The van der Waals surface area contributed by atoms with Gasteiger partial charge in [0.25, 0.3) is 0 Å². The van der Waals surface area contributed by atoms with Crippen molar-refractivity contribution in [1.82, 2.24) is 4.40 Å². The van der Waals surface area contributed by atoms with Gasteiger partial charge in [-0.25, -0.2) is 4.79 Å². The van der Waals surface area contributed by atoms with Crippen LogP contribution >= 0.6 is 0 Å². The van der Waals surface area contributed by atoms with E-state index in [1.54, 1.807) is 46.9 Å². The molecule has 2 aromatic heterocycles. The fourth-order valence-corrected chi connectivity index (χ4v) is 5.13. The van der Waals surface area contributed by atoms with Crippen molar-refractivity contribution in [2.45, 2.75) is 26.7 Å². The maximum absolute atomic E-state index is 13.3. The van der Waals surface area contributed by atoms with E-state index in [1.165, 1.54) is 6.20 Å². The second kappa shape index (κ2) is 7.24. The van der Waals surface area contributed by atoms with Crippen LogP contribution in [0.1, 0.15) is 34.8 Å². The quantitative estimate of drug-likeness (QED) is 0.302. The molecule has 0 unspecified atom stereocenters. The van der Waals surface area contributed by atoms with Crippen molar-refractivity contribution in [1.29, 1.82) is 0 Å². The molecule has 7 nitrogen and oxygen atoms in total. The minimum Gasteiger partial charge on any atom is -0.477 e. The van der Waals surface area contributed by atoms with Gasteiger partial charge in [0, 0.05) is 27.7 Å². The van der Waals surface area contributed by atoms with Gasteiger partial charge in [0.2, 0.25) is 5.43 Å². The second-order valence-corrected chi connectivity index (χ2v) is 8.87. The highest BCUT2D eigenvalue weighted by molar-refractivity contribution is 6.06. The molecule has 0 amide bonds. The smallest absolute Gasteiger partial charge is 0.341 e. The molecule has 4 aromatic carbocycles. The number of pyridine rings is 1. The van der Waals surface area contributed by atoms with Crippen LogP contribution in [-0.2, 0) is 6.42 Å². The van der Waals surface area contributed by atoms with Gasteiger partial charge in [0.15, 0.2) is 22.0 Å². The third kappa shape index (κ3) is 2.78. The molecule has 0 aliphatic carbocycles. The Kier molecular flexibility index (Phi) is 4.35. The van der Waals surface area contributed by atoms with Crippen molar-refractivity contribution in [3.63, 3.8) is 0 Å². The lowest BCUT2D eigenvalue weighted by Gasteiger charge is -2.16. The number of carboxylic acids is 1. The fourth-order valence-electron chi connectivity index (χ4n) is 5.13. The topological polar surface area (TPSA) is 106 Å². The van der Waals surface area contributed by atoms with E-state index in [1.807, 2.05) is 13.8 Å². The molecule has 1 N–H and O–H groups in total. The van der Waals surface area contributed by atoms with E-state index >= 15 is 0 Å². The van der Waals surface area contributed by atoms with Gasteiger partial charge in [-0.05, 0) is 42.7 Å². The monoisotopic (exact) mass is 465 g/mol. The average Bonchev–Trinajstić information content (AvgIpc) is 2.85. The first kappa shape index (κ1) is 21.0. The Morgan fingerprint density at radius 3 is 2.20 bits per heavy atom. The molecule has 0 atom stereocenters. The number of rotatable bonds is 3. The van der Waals surface area contributed by atoms with Crippen LogP contribution in [-0.4, -0.2) is 15.5 Å². The van der Waals surface area contributed by atoms with Gasteiger partial charge < -0.3 is 13.9 Å². The Morgan fingerprint density at radius 2 is 1.57 bits per heavy atom. The molecule has 0 bridgehead atoms. The number of carbonyl (C=O) groups is 1. The molecule has 6 aromatic rings. The van der Waals surface area contributed by atoms with Gasteiger partial charge in [0.05, 0.1) is 10.9 Å². The molecule has 0 fully saturated rings. The van der Waals surface area contributed by atoms with Crippen molar-refractivity contribution in [3.8, 4) is 0 Å². The second-order valence-electron chi connectivity index (χ2n) is 8.87. The van der Waals surface area contributed by atoms with E-state index in [-0.39, 0.29) is 32.6 Å². The van der Waals surface area contributed by atoms with Crippen LogP contribution in [0.5, 0.6) is 0 Å². The van der Waals surface area contributed by atoms with Crippen molar-refractivity contribution in [2.75, 3.05) is 0 Å². The highest BCUT2D eigenvalue weighted by Crippen LogP contribution is 2.33. The number of fused-ring (bicyclic) bond motifs is 4. The Labute approximate surface area is 196 Å². The summed E-state index contributed by atoms with van der Waals surface area (Å²) in [6.45, 7) is 3.90. The minimum absolute atomic E-state index is 0.212. The zero-order valence-corrected chi connectivity index (χ0v) is 19.0. The summed E-state index contributed by atoms with van der Waals surface area (Å²) in [6.07, 6.45) is 2.80. The predicted molar refractivity (Wildman–Crippen MR) is 135 cm³/mol. The van der Waals surface area contributed by atoms with Gasteiger partial charge >= 0.3 is 5.97 Å². The Morgan fingerprint density at radius 1 is 0.914 bits per heavy atom. The molecule has 6 rings (SSSR count). The number of nitrogens with zero attached hydrogens (tertiary/aromatic N) is 1. The van der Waals surface area contributed by atoms with E-state index in [2.05, 4.69) is 0 Å². The Balaban J connectivity index is 1.93. The number of aryl methyl sites for hydroxylation is 2. The lowest BCUT2D eigenvalue weighted by molar-refractivity contribution is 0.0695. The van der Waals surface area contributed by atoms with Crippen LogP contribution in [0.4, 0.5) is 0 Å². The van der Waals surface area contributed by atoms with Crippen LogP contribution in [0, 0.1) is 6.92 Å². The number of aromatic nitrogens is 1. The van der Waals surface area contributed by atoms with Crippen molar-refractivity contribution >= 4 is 55.1 Å². The Bertz CT molecular complexity index is 2070. The molecule has 172 valence electrons. The van der Waals surface area contributed by atoms with E-state index in [0.717, 1.165) is 17.5 Å². The highest BCUT2D eigenvalue weighted by Gasteiger charge is 2.22. The maximum Gasteiger partial charge on any atom is 0.341 e. The Hall–Kier alpha value is -4.52. The van der Waals surface area contributed by atoms with Crippen molar-refractivity contribution in [2.24, 2.45) is 0 Å². The van der Waals surface area contributed by atoms with Gasteiger partial charge in [-0.3, -0.25) is 14.4 Å². The summed E-state index contributed by atoms with van der Waals surface area (Å²) in [5.41, 5.74) is 1.82. The molecular weight excluding hydrogens is 446 g/mol. The molecule has 35 heavy (non-hydrogen) atoms. The molecule has 0 saturated heterocycles. The molecule has 7 heteroatoms. The van der Waals surface area contributed by atoms with E-state index in [0.29, 0.717) is 39.4 Å². The van der Waals surface area contributed by atoms with Gasteiger partial charge in [-0.1, -0.05) is 37.6 Å². The van der Waals surface area contributed by atoms with Crippen molar-refractivity contribution in [3.05, 3.63) is 96.0 Å². The summed E-state index contributed by atoms with van der Waals surface area (Å²) in [5.74, 6) is -1.34. The first-order chi connectivity index (χ1) is 16.8. The largest absolute Gasteiger partial charge is 0.477 e. The van der Waals surface area contributed by atoms with Crippen LogP contribution < -0.4 is 16.3 Å². The summed E-state index contributed by atoms with van der Waals surface area (Å²) >= 11 is 0. The van der Waals surface area contributed by atoms with Crippen LogP contribution in [0.25, 0.3) is 49.1 Å². The average molecular weight is 465 g/mol. The molecule has 0 radical (unpaired) electrons. The lowest BCUT2D eigenvalue weighted by Crippen LogP contribution is -2.18. The van der Waals surface area contributed by atoms with Gasteiger partial charge in [-0.2, -0.15) is 0 Å².